The van der Waals surface area contributed by atoms with Gasteiger partial charge in [-0.05, 0) is 6.92 Å². The van der Waals surface area contributed by atoms with E-state index in [4.69, 9.17) is 9.84 Å². The Morgan fingerprint density at radius 1 is 1.68 bits per heavy atom. The molecule has 1 atom stereocenters. The SMILES string of the molecule is Cc1ncc(CNC(=O)N2CCOC(C(=O)O)C2)s1. The molecule has 1 aromatic rings. The standard InChI is InChI=1S/C11H15N3O4S/c1-7-12-4-8(19-7)5-13-11(17)14-2-3-18-9(6-14)10(15)16/h4,9H,2-3,5-6H2,1H3,(H,13,17)(H,15,16). The number of hydrogen-bond donors (Lipinski definition) is 2. The Kier molecular flexibility index (Phi) is 4.33. The highest BCUT2D eigenvalue weighted by Gasteiger charge is 2.28. The highest BCUT2D eigenvalue weighted by molar-refractivity contribution is 7.11. The lowest BCUT2D eigenvalue weighted by Gasteiger charge is -2.30. The molecule has 2 amide bonds. The maximum absolute atomic E-state index is 11.9. The summed E-state index contributed by atoms with van der Waals surface area (Å²) in [6.45, 7) is 3.01. The predicted octanol–water partition coefficient (Wildman–Crippen LogP) is 0.447. The van der Waals surface area contributed by atoms with E-state index in [9.17, 15) is 9.59 Å². The van der Waals surface area contributed by atoms with Crippen LogP contribution < -0.4 is 5.32 Å². The van der Waals surface area contributed by atoms with Gasteiger partial charge in [0.05, 0.1) is 24.7 Å². The van der Waals surface area contributed by atoms with Crippen molar-refractivity contribution in [2.45, 2.75) is 19.6 Å². The number of urea groups is 1. The zero-order chi connectivity index (χ0) is 13.8. The zero-order valence-corrected chi connectivity index (χ0v) is 11.3. The summed E-state index contributed by atoms with van der Waals surface area (Å²) in [6.07, 6.45) is 0.782. The van der Waals surface area contributed by atoms with Gasteiger partial charge in [0.2, 0.25) is 0 Å². The summed E-state index contributed by atoms with van der Waals surface area (Å²) >= 11 is 1.52. The molecule has 0 aliphatic carbocycles. The Hall–Kier alpha value is -1.67. The average molecular weight is 285 g/mol. The predicted molar refractivity (Wildman–Crippen MR) is 68.0 cm³/mol. The van der Waals surface area contributed by atoms with Gasteiger partial charge < -0.3 is 20.1 Å². The van der Waals surface area contributed by atoms with Gasteiger partial charge in [0.25, 0.3) is 0 Å². The molecule has 1 saturated heterocycles. The van der Waals surface area contributed by atoms with Gasteiger partial charge in [-0.3, -0.25) is 0 Å². The Labute approximate surface area is 114 Å². The fraction of sp³-hybridized carbons (Fsp3) is 0.545. The van der Waals surface area contributed by atoms with Crippen molar-refractivity contribution < 1.29 is 19.4 Å². The van der Waals surface area contributed by atoms with Crippen molar-refractivity contribution in [1.82, 2.24) is 15.2 Å². The van der Waals surface area contributed by atoms with E-state index in [2.05, 4.69) is 10.3 Å². The van der Waals surface area contributed by atoms with Crippen LogP contribution in [0.15, 0.2) is 6.20 Å². The summed E-state index contributed by atoms with van der Waals surface area (Å²) in [6, 6.07) is -0.277. The molecule has 1 aliphatic heterocycles. The summed E-state index contributed by atoms with van der Waals surface area (Å²) in [5.74, 6) is -1.05. The monoisotopic (exact) mass is 285 g/mol. The van der Waals surface area contributed by atoms with E-state index in [0.717, 1.165) is 9.88 Å². The molecule has 104 valence electrons. The molecule has 0 aromatic carbocycles. The van der Waals surface area contributed by atoms with Gasteiger partial charge in [0.1, 0.15) is 0 Å². The number of thiazole rings is 1. The van der Waals surface area contributed by atoms with Crippen molar-refractivity contribution in [1.29, 1.82) is 0 Å². The van der Waals surface area contributed by atoms with Crippen LogP contribution in [0.4, 0.5) is 4.79 Å². The van der Waals surface area contributed by atoms with E-state index in [1.807, 2.05) is 6.92 Å². The number of rotatable bonds is 3. The minimum Gasteiger partial charge on any atom is -0.479 e. The number of hydrogen-bond acceptors (Lipinski definition) is 5. The van der Waals surface area contributed by atoms with Crippen LogP contribution >= 0.6 is 11.3 Å². The van der Waals surface area contributed by atoms with Crippen LogP contribution in [0.25, 0.3) is 0 Å². The van der Waals surface area contributed by atoms with Gasteiger partial charge in [0.15, 0.2) is 6.10 Å². The van der Waals surface area contributed by atoms with Crippen molar-refractivity contribution in [2.75, 3.05) is 19.7 Å². The zero-order valence-electron chi connectivity index (χ0n) is 10.5. The Morgan fingerprint density at radius 3 is 3.11 bits per heavy atom. The fourth-order valence-electron chi connectivity index (χ4n) is 1.74. The van der Waals surface area contributed by atoms with Gasteiger partial charge >= 0.3 is 12.0 Å². The maximum Gasteiger partial charge on any atom is 0.334 e. The first kappa shape index (κ1) is 13.8. The molecular weight excluding hydrogens is 270 g/mol. The van der Waals surface area contributed by atoms with Crippen LogP contribution in [0.1, 0.15) is 9.88 Å². The minimum absolute atomic E-state index is 0.0723. The van der Waals surface area contributed by atoms with Crippen molar-refractivity contribution in [3.8, 4) is 0 Å². The number of aliphatic carboxylic acids is 1. The second kappa shape index (κ2) is 5.98. The molecule has 7 nitrogen and oxygen atoms in total. The third kappa shape index (κ3) is 3.65. The quantitative estimate of drug-likeness (QED) is 0.841. The molecule has 1 fully saturated rings. The number of aryl methyl sites for hydroxylation is 1. The van der Waals surface area contributed by atoms with E-state index >= 15 is 0 Å². The second-order valence-electron chi connectivity index (χ2n) is 4.15. The molecule has 2 heterocycles. The molecule has 0 saturated carbocycles. The molecule has 0 bridgehead atoms. The number of nitrogens with one attached hydrogen (secondary N) is 1. The molecule has 2 N–H and O–H groups in total. The molecule has 0 spiro atoms. The van der Waals surface area contributed by atoms with Crippen LogP contribution in [0.2, 0.25) is 0 Å². The Balaban J connectivity index is 1.84. The number of amides is 2. The van der Waals surface area contributed by atoms with Gasteiger partial charge in [-0.2, -0.15) is 0 Å². The maximum atomic E-state index is 11.9. The van der Waals surface area contributed by atoms with Crippen LogP contribution in [0.5, 0.6) is 0 Å². The summed E-state index contributed by atoms with van der Waals surface area (Å²) in [5, 5.41) is 12.6. The van der Waals surface area contributed by atoms with E-state index in [-0.39, 0.29) is 19.2 Å². The Morgan fingerprint density at radius 2 is 2.47 bits per heavy atom. The van der Waals surface area contributed by atoms with E-state index in [1.165, 1.54) is 16.2 Å². The van der Waals surface area contributed by atoms with Crippen molar-refractivity contribution >= 4 is 23.3 Å². The lowest BCUT2D eigenvalue weighted by atomic mass is 10.3. The normalized spacial score (nSPS) is 19.2. The first-order valence-electron chi connectivity index (χ1n) is 5.85. The second-order valence-corrected chi connectivity index (χ2v) is 5.47. The number of morpholine rings is 1. The van der Waals surface area contributed by atoms with E-state index < -0.39 is 12.1 Å². The van der Waals surface area contributed by atoms with Crippen LogP contribution in [-0.4, -0.2) is 52.8 Å². The van der Waals surface area contributed by atoms with Crippen LogP contribution in [0, 0.1) is 6.92 Å². The van der Waals surface area contributed by atoms with Gasteiger partial charge in [-0.1, -0.05) is 0 Å². The van der Waals surface area contributed by atoms with Gasteiger partial charge in [0, 0.05) is 17.6 Å². The smallest absolute Gasteiger partial charge is 0.334 e. The number of nitrogens with zero attached hydrogens (tertiary/aromatic N) is 2. The van der Waals surface area contributed by atoms with Crippen LogP contribution in [-0.2, 0) is 16.1 Å². The molecule has 0 radical (unpaired) electrons. The highest BCUT2D eigenvalue weighted by atomic mass is 32.1. The molecule has 1 aromatic heterocycles. The minimum atomic E-state index is -1.05. The molecule has 8 heteroatoms. The van der Waals surface area contributed by atoms with E-state index in [1.54, 1.807) is 6.20 Å². The Bertz CT molecular complexity index is 476. The fourth-order valence-corrected chi connectivity index (χ4v) is 2.48. The number of carbonyl (C=O) groups is 2. The summed E-state index contributed by atoms with van der Waals surface area (Å²) in [4.78, 5) is 29.2. The summed E-state index contributed by atoms with van der Waals surface area (Å²) < 4.78 is 5.06. The number of aromatic nitrogens is 1. The average Bonchev–Trinajstić information content (AvgIpc) is 2.82. The first-order valence-corrected chi connectivity index (χ1v) is 6.66. The highest BCUT2D eigenvalue weighted by Crippen LogP contribution is 2.11. The number of carboxylic acid groups (broad SMARTS) is 1. The molecule has 2 rings (SSSR count). The number of carbonyl (C=O) groups excluding carboxylic acids is 1. The van der Waals surface area contributed by atoms with E-state index in [0.29, 0.717) is 13.1 Å². The third-order valence-corrected chi connectivity index (χ3v) is 3.62. The third-order valence-electron chi connectivity index (χ3n) is 2.71. The summed E-state index contributed by atoms with van der Waals surface area (Å²) in [7, 11) is 0. The van der Waals surface area contributed by atoms with Crippen molar-refractivity contribution in [3.63, 3.8) is 0 Å². The van der Waals surface area contributed by atoms with Crippen molar-refractivity contribution in [2.24, 2.45) is 0 Å². The molecule has 1 unspecified atom stereocenters. The van der Waals surface area contributed by atoms with Crippen molar-refractivity contribution in [3.05, 3.63) is 16.1 Å². The number of ether oxygens (including phenoxy) is 1. The number of carboxylic acids is 1. The lowest BCUT2D eigenvalue weighted by Crippen LogP contribution is -2.51. The lowest BCUT2D eigenvalue weighted by molar-refractivity contribution is -0.154. The first-order chi connectivity index (χ1) is 9.06. The molecule has 19 heavy (non-hydrogen) atoms. The molecule has 1 aliphatic rings. The molecular formula is C11H15N3O4S. The topological polar surface area (TPSA) is 91.8 Å². The van der Waals surface area contributed by atoms with Gasteiger partial charge in [-0.15, -0.1) is 11.3 Å². The van der Waals surface area contributed by atoms with Crippen LogP contribution in [0.3, 0.4) is 0 Å². The largest absolute Gasteiger partial charge is 0.479 e. The summed E-state index contributed by atoms with van der Waals surface area (Å²) in [5.41, 5.74) is 0. The van der Waals surface area contributed by atoms with Gasteiger partial charge in [-0.25, -0.2) is 14.6 Å².